The van der Waals surface area contributed by atoms with Crippen LogP contribution in [-0.4, -0.2) is 11.9 Å². The first-order chi connectivity index (χ1) is 6.68. The molecule has 0 unspecified atom stereocenters. The van der Waals surface area contributed by atoms with Crippen LogP contribution < -0.4 is 39.4 Å². The average Bonchev–Trinajstić information content (AvgIpc) is 2.16. The molecule has 0 amide bonds. The maximum absolute atomic E-state index is 11.0. The monoisotopic (exact) mass is 216 g/mol. The van der Waals surface area contributed by atoms with Crippen molar-refractivity contribution in [2.24, 2.45) is 0 Å². The van der Waals surface area contributed by atoms with Crippen LogP contribution in [0.25, 0.3) is 0 Å². The minimum atomic E-state index is -1.25. The first-order valence-electron chi connectivity index (χ1n) is 4.14. The smallest absolute Gasteiger partial charge is 0.550 e. The number of ether oxygens (including phenoxy) is 1. The number of hydrogen-bond donors (Lipinski definition) is 0. The molecular weight excluding hydrogens is 207 g/mol. The number of esters is 1. The fraction of sp³-hybridized carbons (Fsp3) is 0.200. The van der Waals surface area contributed by atoms with Crippen LogP contribution in [0.3, 0.4) is 0 Å². The third kappa shape index (κ3) is 6.28. The number of benzene rings is 1. The molecular formula is C10H9NaO4. The van der Waals surface area contributed by atoms with Crippen molar-refractivity contribution in [1.82, 2.24) is 0 Å². The van der Waals surface area contributed by atoms with Crippen molar-refractivity contribution in [2.45, 2.75) is 12.8 Å². The number of hydrogen-bond acceptors (Lipinski definition) is 4. The molecule has 74 valence electrons. The number of para-hydroxylation sites is 1. The van der Waals surface area contributed by atoms with Gasteiger partial charge in [0, 0.05) is 5.97 Å². The van der Waals surface area contributed by atoms with Crippen molar-refractivity contribution in [1.29, 1.82) is 0 Å². The van der Waals surface area contributed by atoms with Gasteiger partial charge >= 0.3 is 35.5 Å². The minimum absolute atomic E-state index is 0. The summed E-state index contributed by atoms with van der Waals surface area (Å²) < 4.78 is 4.83. The maximum Gasteiger partial charge on any atom is 1.00 e. The summed E-state index contributed by atoms with van der Waals surface area (Å²) in [6.45, 7) is 0. The molecule has 0 heterocycles. The van der Waals surface area contributed by atoms with Gasteiger partial charge in [-0.15, -0.1) is 0 Å². The first-order valence-corrected chi connectivity index (χ1v) is 4.14. The van der Waals surface area contributed by atoms with Crippen molar-refractivity contribution < 1.29 is 49.0 Å². The largest absolute Gasteiger partial charge is 1.00 e. The maximum atomic E-state index is 11.0. The molecule has 0 saturated carbocycles. The standard InChI is InChI=1S/C10H10O4.Na/c11-9(12)6-7-10(13)14-8-4-2-1-3-5-8;/h1-5H,6-7H2,(H,11,12);/q;+1/p-1. The van der Waals surface area contributed by atoms with Crippen molar-refractivity contribution in [3.05, 3.63) is 30.3 Å². The van der Waals surface area contributed by atoms with E-state index < -0.39 is 11.9 Å². The molecule has 1 aromatic carbocycles. The predicted molar refractivity (Wildman–Crippen MR) is 46.3 cm³/mol. The summed E-state index contributed by atoms with van der Waals surface area (Å²) in [6.07, 6.45) is -0.483. The first kappa shape index (κ1) is 14.2. The van der Waals surface area contributed by atoms with Crippen LogP contribution in [0.1, 0.15) is 12.8 Å². The fourth-order valence-corrected chi connectivity index (χ4v) is 0.875. The zero-order valence-corrected chi connectivity index (χ0v) is 10.4. The zero-order valence-electron chi connectivity index (χ0n) is 8.43. The molecule has 15 heavy (non-hydrogen) atoms. The second-order valence-corrected chi connectivity index (χ2v) is 2.66. The van der Waals surface area contributed by atoms with E-state index >= 15 is 0 Å². The summed E-state index contributed by atoms with van der Waals surface area (Å²) in [7, 11) is 0. The van der Waals surface area contributed by atoms with E-state index in [4.69, 9.17) is 4.74 Å². The Bertz CT molecular complexity index is 323. The van der Waals surface area contributed by atoms with E-state index in [1.54, 1.807) is 30.3 Å². The second kappa shape index (κ2) is 7.45. The normalized spacial score (nSPS) is 8.80. The molecule has 0 aromatic heterocycles. The molecule has 0 aliphatic carbocycles. The third-order valence-electron chi connectivity index (χ3n) is 1.51. The van der Waals surface area contributed by atoms with Gasteiger partial charge in [0.05, 0.1) is 6.42 Å². The topological polar surface area (TPSA) is 66.4 Å². The van der Waals surface area contributed by atoms with Gasteiger partial charge in [-0.05, 0) is 18.6 Å². The second-order valence-electron chi connectivity index (χ2n) is 2.66. The summed E-state index contributed by atoms with van der Waals surface area (Å²) in [6, 6.07) is 8.48. The van der Waals surface area contributed by atoms with Crippen LogP contribution in [-0.2, 0) is 9.59 Å². The van der Waals surface area contributed by atoms with Crippen LogP contribution in [0.15, 0.2) is 30.3 Å². The Kier molecular flexibility index (Phi) is 7.03. The summed E-state index contributed by atoms with van der Waals surface area (Å²) in [5.41, 5.74) is 0. The Morgan fingerprint density at radius 2 is 1.73 bits per heavy atom. The van der Waals surface area contributed by atoms with E-state index in [-0.39, 0.29) is 42.4 Å². The van der Waals surface area contributed by atoms with E-state index in [0.717, 1.165) is 0 Å². The van der Waals surface area contributed by atoms with Crippen LogP contribution in [0.5, 0.6) is 5.75 Å². The van der Waals surface area contributed by atoms with Gasteiger partial charge in [-0.3, -0.25) is 4.79 Å². The molecule has 1 aromatic rings. The van der Waals surface area contributed by atoms with Gasteiger partial charge in [0.25, 0.3) is 0 Å². The molecule has 0 aliphatic rings. The van der Waals surface area contributed by atoms with Gasteiger partial charge in [-0.2, -0.15) is 0 Å². The molecule has 0 radical (unpaired) electrons. The summed E-state index contributed by atoms with van der Waals surface area (Å²) in [5.74, 6) is -1.41. The molecule has 4 nitrogen and oxygen atoms in total. The molecule has 5 heteroatoms. The Labute approximate surface area is 110 Å². The zero-order chi connectivity index (χ0) is 10.4. The van der Waals surface area contributed by atoms with E-state index in [9.17, 15) is 14.7 Å². The van der Waals surface area contributed by atoms with Crippen molar-refractivity contribution in [3.8, 4) is 5.75 Å². The van der Waals surface area contributed by atoms with Gasteiger partial charge in [0.1, 0.15) is 5.75 Å². The van der Waals surface area contributed by atoms with Crippen molar-refractivity contribution in [2.75, 3.05) is 0 Å². The van der Waals surface area contributed by atoms with Gasteiger partial charge in [-0.1, -0.05) is 18.2 Å². The van der Waals surface area contributed by atoms with Crippen LogP contribution in [0, 0.1) is 0 Å². The third-order valence-corrected chi connectivity index (χ3v) is 1.51. The van der Waals surface area contributed by atoms with Gasteiger partial charge < -0.3 is 14.6 Å². The number of aliphatic carboxylic acids is 1. The van der Waals surface area contributed by atoms with Crippen molar-refractivity contribution in [3.63, 3.8) is 0 Å². The summed E-state index contributed by atoms with van der Waals surface area (Å²) in [4.78, 5) is 21.0. The molecule has 0 saturated heterocycles. The molecule has 0 fully saturated rings. The molecule has 0 atom stereocenters. The quantitative estimate of drug-likeness (QED) is 0.308. The number of carbonyl (C=O) groups is 2. The fourth-order valence-electron chi connectivity index (χ4n) is 0.875. The summed E-state index contributed by atoms with van der Waals surface area (Å²) >= 11 is 0. The number of carboxylic acid groups (broad SMARTS) is 1. The molecule has 0 aliphatic heterocycles. The molecule has 1 rings (SSSR count). The SMILES string of the molecule is O=C([O-])CCC(=O)Oc1ccccc1.[Na+]. The van der Waals surface area contributed by atoms with E-state index in [2.05, 4.69) is 0 Å². The van der Waals surface area contributed by atoms with E-state index in [1.807, 2.05) is 0 Å². The Morgan fingerprint density at radius 1 is 1.13 bits per heavy atom. The van der Waals surface area contributed by atoms with E-state index in [1.165, 1.54) is 0 Å². The average molecular weight is 216 g/mol. The Hall–Kier alpha value is -0.840. The van der Waals surface area contributed by atoms with Gasteiger partial charge in [0.15, 0.2) is 0 Å². The molecule has 0 bridgehead atoms. The summed E-state index contributed by atoms with van der Waals surface area (Å²) in [5, 5.41) is 10.0. The Balaban J connectivity index is 0.00000196. The molecule has 0 N–H and O–H groups in total. The minimum Gasteiger partial charge on any atom is -0.550 e. The van der Waals surface area contributed by atoms with Crippen LogP contribution in [0.2, 0.25) is 0 Å². The molecule has 0 spiro atoms. The van der Waals surface area contributed by atoms with Crippen molar-refractivity contribution >= 4 is 11.9 Å². The number of carboxylic acids is 1. The van der Waals surface area contributed by atoms with Crippen LogP contribution in [0.4, 0.5) is 0 Å². The number of rotatable bonds is 4. The Morgan fingerprint density at radius 3 is 2.27 bits per heavy atom. The predicted octanol–water partition coefficient (Wildman–Crippen LogP) is -2.87. The van der Waals surface area contributed by atoms with Gasteiger partial charge in [0.2, 0.25) is 0 Å². The van der Waals surface area contributed by atoms with Crippen LogP contribution >= 0.6 is 0 Å². The van der Waals surface area contributed by atoms with E-state index in [0.29, 0.717) is 5.75 Å². The number of carbonyl (C=O) groups excluding carboxylic acids is 2. The van der Waals surface area contributed by atoms with Gasteiger partial charge in [-0.25, -0.2) is 0 Å².